The van der Waals surface area contributed by atoms with Gasteiger partial charge in [-0.3, -0.25) is 4.79 Å². The van der Waals surface area contributed by atoms with Gasteiger partial charge >= 0.3 is 0 Å². The van der Waals surface area contributed by atoms with Crippen molar-refractivity contribution in [3.05, 3.63) is 12.7 Å². The molecule has 0 radical (unpaired) electrons. The molecule has 0 aliphatic rings. The zero-order chi connectivity index (χ0) is 6.57. The van der Waals surface area contributed by atoms with Gasteiger partial charge < -0.3 is 0 Å². The zero-order valence-electron chi connectivity index (χ0n) is 5.48. The fourth-order valence-electron chi connectivity index (χ4n) is 0.402. The molecule has 0 aromatic heterocycles. The van der Waals surface area contributed by atoms with Crippen LogP contribution in [0, 0.1) is 5.92 Å². The van der Waals surface area contributed by atoms with Gasteiger partial charge in [0, 0.05) is 5.92 Å². The predicted molar refractivity (Wildman–Crippen MR) is 34.7 cm³/mol. The van der Waals surface area contributed by atoms with Crippen LogP contribution in [0.15, 0.2) is 12.7 Å². The SMILES string of the molecule is C=CC(=O)[C@@H](C)CC. The van der Waals surface area contributed by atoms with Crippen LogP contribution in [0.3, 0.4) is 0 Å². The van der Waals surface area contributed by atoms with E-state index in [1.807, 2.05) is 13.8 Å². The Morgan fingerprint density at radius 2 is 2.38 bits per heavy atom. The van der Waals surface area contributed by atoms with Crippen molar-refractivity contribution in [2.75, 3.05) is 0 Å². The van der Waals surface area contributed by atoms with E-state index < -0.39 is 0 Å². The van der Waals surface area contributed by atoms with Crippen LogP contribution in [0.5, 0.6) is 0 Å². The molecule has 1 nitrogen and oxygen atoms in total. The van der Waals surface area contributed by atoms with Crippen molar-refractivity contribution < 1.29 is 4.79 Å². The Bertz CT molecular complexity index is 94.6. The van der Waals surface area contributed by atoms with Crippen LogP contribution >= 0.6 is 0 Å². The summed E-state index contributed by atoms with van der Waals surface area (Å²) < 4.78 is 0. The number of carbonyl (C=O) groups excluding carboxylic acids is 1. The summed E-state index contributed by atoms with van der Waals surface area (Å²) >= 11 is 0. The minimum absolute atomic E-state index is 0.146. The smallest absolute Gasteiger partial charge is 0.157 e. The fraction of sp³-hybridized carbons (Fsp3) is 0.571. The molecule has 0 aliphatic heterocycles. The summed E-state index contributed by atoms with van der Waals surface area (Å²) in [6.07, 6.45) is 2.29. The Hall–Kier alpha value is -0.590. The van der Waals surface area contributed by atoms with Gasteiger partial charge in [-0.15, -0.1) is 0 Å². The van der Waals surface area contributed by atoms with Crippen molar-refractivity contribution in [2.45, 2.75) is 20.3 Å². The first-order chi connectivity index (χ1) is 3.72. The van der Waals surface area contributed by atoms with Crippen molar-refractivity contribution >= 4 is 5.78 Å². The van der Waals surface area contributed by atoms with Gasteiger partial charge in [-0.1, -0.05) is 20.4 Å². The van der Waals surface area contributed by atoms with Crippen molar-refractivity contribution in [1.29, 1.82) is 0 Å². The monoisotopic (exact) mass is 112 g/mol. The maximum absolute atomic E-state index is 10.6. The molecule has 0 spiro atoms. The van der Waals surface area contributed by atoms with Gasteiger partial charge in [0.15, 0.2) is 5.78 Å². The van der Waals surface area contributed by atoms with Crippen LogP contribution in [0.4, 0.5) is 0 Å². The van der Waals surface area contributed by atoms with Crippen LogP contribution in [0.1, 0.15) is 20.3 Å². The predicted octanol–water partition coefficient (Wildman–Crippen LogP) is 1.79. The van der Waals surface area contributed by atoms with Crippen LogP contribution in [0.25, 0.3) is 0 Å². The van der Waals surface area contributed by atoms with Gasteiger partial charge in [0.1, 0.15) is 0 Å². The Balaban J connectivity index is 3.62. The minimum atomic E-state index is 0.146. The zero-order valence-corrected chi connectivity index (χ0v) is 5.48. The molecule has 0 aliphatic carbocycles. The Morgan fingerprint density at radius 3 is 2.50 bits per heavy atom. The molecule has 0 saturated heterocycles. The molecule has 1 atom stereocenters. The second-order valence-corrected chi connectivity index (χ2v) is 1.92. The molecule has 46 valence electrons. The molecule has 0 aromatic carbocycles. The number of hydrogen-bond donors (Lipinski definition) is 0. The van der Waals surface area contributed by atoms with Crippen LogP contribution in [0.2, 0.25) is 0 Å². The molecule has 0 bridgehead atoms. The molecule has 0 amide bonds. The third kappa shape index (κ3) is 1.92. The number of carbonyl (C=O) groups is 1. The van der Waals surface area contributed by atoms with E-state index in [1.54, 1.807) is 0 Å². The molecular weight excluding hydrogens is 100 g/mol. The number of ketones is 1. The van der Waals surface area contributed by atoms with E-state index in [2.05, 4.69) is 6.58 Å². The summed E-state index contributed by atoms with van der Waals surface area (Å²) in [6.45, 7) is 7.28. The standard InChI is InChI=1S/C7H12O/c1-4-6(3)7(8)5-2/h5-6H,2,4H2,1,3H3/t6-/m0/s1. The maximum atomic E-state index is 10.6. The van der Waals surface area contributed by atoms with E-state index in [0.29, 0.717) is 0 Å². The van der Waals surface area contributed by atoms with Crippen molar-refractivity contribution in [3.8, 4) is 0 Å². The average molecular weight is 112 g/mol. The summed E-state index contributed by atoms with van der Waals surface area (Å²) in [5, 5.41) is 0. The second kappa shape index (κ2) is 3.42. The Kier molecular flexibility index (Phi) is 3.16. The molecule has 0 fully saturated rings. The van der Waals surface area contributed by atoms with Crippen molar-refractivity contribution in [1.82, 2.24) is 0 Å². The highest BCUT2D eigenvalue weighted by molar-refractivity contribution is 5.90. The Labute approximate surface area is 50.4 Å². The molecule has 0 N–H and O–H groups in total. The van der Waals surface area contributed by atoms with Gasteiger partial charge in [0.2, 0.25) is 0 Å². The first kappa shape index (κ1) is 7.41. The lowest BCUT2D eigenvalue weighted by molar-refractivity contribution is -0.117. The molecule has 0 aromatic rings. The lowest BCUT2D eigenvalue weighted by Crippen LogP contribution is -2.04. The van der Waals surface area contributed by atoms with Crippen LogP contribution in [-0.4, -0.2) is 5.78 Å². The normalized spacial score (nSPS) is 12.8. The number of rotatable bonds is 3. The summed E-state index contributed by atoms with van der Waals surface area (Å²) in [5.41, 5.74) is 0. The topological polar surface area (TPSA) is 17.1 Å². The van der Waals surface area contributed by atoms with Gasteiger partial charge in [0.05, 0.1) is 0 Å². The highest BCUT2D eigenvalue weighted by atomic mass is 16.1. The van der Waals surface area contributed by atoms with Gasteiger partial charge in [-0.25, -0.2) is 0 Å². The first-order valence-electron chi connectivity index (χ1n) is 2.88. The first-order valence-corrected chi connectivity index (χ1v) is 2.88. The van der Waals surface area contributed by atoms with Gasteiger partial charge in [0.25, 0.3) is 0 Å². The van der Waals surface area contributed by atoms with Crippen LogP contribution < -0.4 is 0 Å². The third-order valence-corrected chi connectivity index (χ3v) is 1.30. The highest BCUT2D eigenvalue weighted by Crippen LogP contribution is 2.01. The highest BCUT2D eigenvalue weighted by Gasteiger charge is 2.03. The average Bonchev–Trinajstić information content (AvgIpc) is 1.84. The lowest BCUT2D eigenvalue weighted by Gasteiger charge is -1.99. The molecule has 1 heteroatoms. The molecule has 0 rings (SSSR count). The minimum Gasteiger partial charge on any atom is -0.295 e. The summed E-state index contributed by atoms with van der Waals surface area (Å²) in [5.74, 6) is 0.306. The molecule has 0 saturated carbocycles. The van der Waals surface area contributed by atoms with Crippen molar-refractivity contribution in [3.63, 3.8) is 0 Å². The summed E-state index contributed by atoms with van der Waals surface area (Å²) in [6, 6.07) is 0. The van der Waals surface area contributed by atoms with Crippen LogP contribution in [-0.2, 0) is 4.79 Å². The fourth-order valence-corrected chi connectivity index (χ4v) is 0.402. The quantitative estimate of drug-likeness (QED) is 0.509. The second-order valence-electron chi connectivity index (χ2n) is 1.92. The molecular formula is C7H12O. The third-order valence-electron chi connectivity index (χ3n) is 1.30. The van der Waals surface area contributed by atoms with E-state index in [9.17, 15) is 4.79 Å². The number of hydrogen-bond acceptors (Lipinski definition) is 1. The maximum Gasteiger partial charge on any atom is 0.157 e. The molecule has 0 unspecified atom stereocenters. The van der Waals surface area contributed by atoms with E-state index in [-0.39, 0.29) is 11.7 Å². The number of allylic oxidation sites excluding steroid dienone is 1. The van der Waals surface area contributed by atoms with E-state index in [4.69, 9.17) is 0 Å². The summed E-state index contributed by atoms with van der Waals surface area (Å²) in [4.78, 5) is 10.6. The van der Waals surface area contributed by atoms with E-state index in [0.717, 1.165) is 6.42 Å². The largest absolute Gasteiger partial charge is 0.295 e. The van der Waals surface area contributed by atoms with E-state index >= 15 is 0 Å². The van der Waals surface area contributed by atoms with Gasteiger partial charge in [-0.2, -0.15) is 0 Å². The summed E-state index contributed by atoms with van der Waals surface area (Å²) in [7, 11) is 0. The molecule has 0 heterocycles. The lowest BCUT2D eigenvalue weighted by atomic mass is 10.0. The van der Waals surface area contributed by atoms with Gasteiger partial charge in [-0.05, 0) is 12.5 Å². The Morgan fingerprint density at radius 1 is 1.88 bits per heavy atom. The van der Waals surface area contributed by atoms with E-state index in [1.165, 1.54) is 6.08 Å². The molecule has 8 heavy (non-hydrogen) atoms. The van der Waals surface area contributed by atoms with Crippen molar-refractivity contribution in [2.24, 2.45) is 5.92 Å².